The molecule has 0 aromatic carbocycles. The van der Waals surface area contributed by atoms with Crippen LogP contribution in [-0.4, -0.2) is 53.2 Å². The van der Waals surface area contributed by atoms with Gasteiger partial charge >= 0.3 is 5.91 Å². The summed E-state index contributed by atoms with van der Waals surface area (Å²) in [6, 6.07) is 0. The number of nitrogens with zero attached hydrogens (tertiary/aromatic N) is 3. The van der Waals surface area contributed by atoms with Gasteiger partial charge in [0, 0.05) is 19.4 Å². The predicted octanol–water partition coefficient (Wildman–Crippen LogP) is 1.83. The topological polar surface area (TPSA) is 143 Å². The van der Waals surface area contributed by atoms with Gasteiger partial charge < -0.3 is 4.52 Å². The van der Waals surface area contributed by atoms with Crippen molar-refractivity contribution in [1.82, 2.24) is 19.9 Å². The number of carbonyl (C=O) groups excluding carboxylic acids is 2. The van der Waals surface area contributed by atoms with Crippen molar-refractivity contribution in [1.29, 1.82) is 0 Å². The van der Waals surface area contributed by atoms with Gasteiger partial charge in [0.1, 0.15) is 0 Å². The molecule has 0 radical (unpaired) electrons. The number of sulfonamides is 1. The summed E-state index contributed by atoms with van der Waals surface area (Å²) in [5.74, 6) is -1.59. The molecule has 1 aliphatic rings. The molecule has 0 aliphatic heterocycles. The molecule has 28 heavy (non-hydrogen) atoms. The summed E-state index contributed by atoms with van der Waals surface area (Å²) in [4.78, 5) is 27.8. The maximum Gasteiger partial charge on any atom is 0.308 e. The first-order valence-electron chi connectivity index (χ1n) is 9.47. The standard InChI is InChI=1S/C17H28N4O6S/c1-21(28(2,25)26)17(23)15-18-16(27-20-15)13(11-14(22)19-24)10-6-9-12-7-4-3-5-8-12/h12-13,24H,3-11H2,1-2H3,(H,19,22). The fourth-order valence-corrected chi connectivity index (χ4v) is 3.87. The number of rotatable bonds is 9. The number of hydrogen-bond donors (Lipinski definition) is 2. The summed E-state index contributed by atoms with van der Waals surface area (Å²) in [6.45, 7) is 0. The first-order valence-corrected chi connectivity index (χ1v) is 11.3. The van der Waals surface area contributed by atoms with Crippen LogP contribution in [0.2, 0.25) is 0 Å². The highest BCUT2D eigenvalue weighted by Crippen LogP contribution is 2.31. The van der Waals surface area contributed by atoms with E-state index in [0.29, 0.717) is 16.6 Å². The zero-order valence-corrected chi connectivity index (χ0v) is 17.1. The van der Waals surface area contributed by atoms with E-state index in [1.807, 2.05) is 0 Å². The van der Waals surface area contributed by atoms with Crippen LogP contribution in [0.5, 0.6) is 0 Å². The number of aromatic nitrogens is 2. The summed E-state index contributed by atoms with van der Waals surface area (Å²) in [7, 11) is -2.64. The maximum atomic E-state index is 12.2. The summed E-state index contributed by atoms with van der Waals surface area (Å²) in [6.07, 6.45) is 9.53. The van der Waals surface area contributed by atoms with Gasteiger partial charge in [0.15, 0.2) is 0 Å². The van der Waals surface area contributed by atoms with Gasteiger partial charge in [0.2, 0.25) is 21.8 Å². The van der Waals surface area contributed by atoms with Crippen LogP contribution in [0.4, 0.5) is 0 Å². The Hall–Kier alpha value is -2.01. The third kappa shape index (κ3) is 6.26. The van der Waals surface area contributed by atoms with Gasteiger partial charge in [-0.2, -0.15) is 4.98 Å². The molecule has 0 bridgehead atoms. The van der Waals surface area contributed by atoms with E-state index in [1.165, 1.54) is 32.1 Å². The van der Waals surface area contributed by atoms with Gasteiger partial charge in [-0.3, -0.25) is 14.8 Å². The van der Waals surface area contributed by atoms with Crippen LogP contribution >= 0.6 is 0 Å². The van der Waals surface area contributed by atoms with Crippen LogP contribution in [0.25, 0.3) is 0 Å². The Morgan fingerprint density at radius 3 is 2.61 bits per heavy atom. The lowest BCUT2D eigenvalue weighted by atomic mass is 9.84. The number of amides is 2. The summed E-state index contributed by atoms with van der Waals surface area (Å²) in [5.41, 5.74) is 1.59. The number of carbonyl (C=O) groups is 2. The highest BCUT2D eigenvalue weighted by atomic mass is 32.2. The third-order valence-electron chi connectivity index (χ3n) is 5.21. The van der Waals surface area contributed by atoms with Gasteiger partial charge in [0.05, 0.1) is 6.26 Å². The minimum absolute atomic E-state index is 0.0705. The van der Waals surface area contributed by atoms with Crippen molar-refractivity contribution in [2.45, 2.75) is 63.7 Å². The van der Waals surface area contributed by atoms with E-state index in [1.54, 1.807) is 5.48 Å². The second-order valence-corrected chi connectivity index (χ2v) is 9.38. The summed E-state index contributed by atoms with van der Waals surface area (Å²) >= 11 is 0. The van der Waals surface area contributed by atoms with E-state index in [9.17, 15) is 18.0 Å². The Morgan fingerprint density at radius 1 is 1.32 bits per heavy atom. The lowest BCUT2D eigenvalue weighted by Gasteiger charge is -2.22. The molecule has 158 valence electrons. The molecule has 1 fully saturated rings. The molecule has 1 atom stereocenters. The van der Waals surface area contributed by atoms with Crippen LogP contribution in [0, 0.1) is 5.92 Å². The van der Waals surface area contributed by atoms with Gasteiger partial charge in [-0.25, -0.2) is 18.2 Å². The molecular formula is C17H28N4O6S. The van der Waals surface area contributed by atoms with Crippen molar-refractivity contribution in [2.75, 3.05) is 13.3 Å². The van der Waals surface area contributed by atoms with Gasteiger partial charge in [-0.1, -0.05) is 50.1 Å². The normalized spacial score (nSPS) is 16.5. The summed E-state index contributed by atoms with van der Waals surface area (Å²) in [5, 5.41) is 12.4. The third-order valence-corrected chi connectivity index (χ3v) is 6.37. The highest BCUT2D eigenvalue weighted by Gasteiger charge is 2.28. The maximum absolute atomic E-state index is 12.2. The van der Waals surface area contributed by atoms with E-state index in [2.05, 4.69) is 10.1 Å². The Bertz CT molecular complexity index is 772. The SMILES string of the molecule is CN(C(=O)c1noc(C(CCCC2CCCCC2)CC(=O)NO)n1)S(C)(=O)=O. The van der Waals surface area contributed by atoms with Crippen LogP contribution in [0.15, 0.2) is 4.52 Å². The first-order chi connectivity index (χ1) is 13.2. The molecule has 2 rings (SSSR count). The minimum Gasteiger partial charge on any atom is -0.338 e. The average molecular weight is 417 g/mol. The number of hydroxylamine groups is 1. The van der Waals surface area contributed by atoms with E-state index in [0.717, 1.165) is 26.1 Å². The van der Waals surface area contributed by atoms with Gasteiger partial charge in [0.25, 0.3) is 5.82 Å². The molecular weight excluding hydrogens is 388 g/mol. The molecule has 11 heteroatoms. The largest absolute Gasteiger partial charge is 0.338 e. The van der Waals surface area contributed by atoms with Crippen LogP contribution in [0.1, 0.15) is 80.2 Å². The fraction of sp³-hybridized carbons (Fsp3) is 0.765. The summed E-state index contributed by atoms with van der Waals surface area (Å²) < 4.78 is 28.7. The Morgan fingerprint density at radius 2 is 2.00 bits per heavy atom. The Balaban J connectivity index is 2.05. The molecule has 0 saturated heterocycles. The first kappa shape index (κ1) is 22.3. The zero-order valence-electron chi connectivity index (χ0n) is 16.3. The molecule has 10 nitrogen and oxygen atoms in total. The van der Waals surface area contributed by atoms with Crippen molar-refractivity contribution in [3.05, 3.63) is 11.7 Å². The van der Waals surface area contributed by atoms with Crippen molar-refractivity contribution in [3.63, 3.8) is 0 Å². The Kier molecular flexibility index (Phi) is 7.93. The molecule has 1 heterocycles. The van der Waals surface area contributed by atoms with Gasteiger partial charge in [-0.05, 0) is 12.3 Å². The average Bonchev–Trinajstić information content (AvgIpc) is 3.16. The molecule has 1 unspecified atom stereocenters. The highest BCUT2D eigenvalue weighted by molar-refractivity contribution is 7.88. The number of nitrogens with one attached hydrogen (secondary N) is 1. The lowest BCUT2D eigenvalue weighted by Crippen LogP contribution is -2.33. The minimum atomic E-state index is -3.75. The van der Waals surface area contributed by atoms with Crippen molar-refractivity contribution >= 4 is 21.8 Å². The predicted molar refractivity (Wildman–Crippen MR) is 98.9 cm³/mol. The van der Waals surface area contributed by atoms with Gasteiger partial charge in [-0.15, -0.1) is 0 Å². The molecule has 1 saturated carbocycles. The van der Waals surface area contributed by atoms with E-state index in [-0.39, 0.29) is 18.1 Å². The molecule has 2 amide bonds. The smallest absolute Gasteiger partial charge is 0.308 e. The molecule has 2 N–H and O–H groups in total. The molecule has 1 aliphatic carbocycles. The molecule has 0 spiro atoms. The number of hydrogen-bond acceptors (Lipinski definition) is 8. The second-order valence-electron chi connectivity index (χ2n) is 7.36. The van der Waals surface area contributed by atoms with E-state index < -0.39 is 27.8 Å². The van der Waals surface area contributed by atoms with Crippen LogP contribution in [0.3, 0.4) is 0 Å². The van der Waals surface area contributed by atoms with Crippen molar-refractivity contribution < 1.29 is 27.7 Å². The Labute approximate surface area is 164 Å². The molecule has 1 aromatic heterocycles. The lowest BCUT2D eigenvalue weighted by molar-refractivity contribution is -0.129. The van der Waals surface area contributed by atoms with Crippen LogP contribution < -0.4 is 5.48 Å². The quantitative estimate of drug-likeness (QED) is 0.458. The van der Waals surface area contributed by atoms with E-state index in [4.69, 9.17) is 9.73 Å². The molecule has 1 aromatic rings. The second kappa shape index (κ2) is 9.97. The zero-order chi connectivity index (χ0) is 20.7. The van der Waals surface area contributed by atoms with Crippen molar-refractivity contribution in [2.24, 2.45) is 5.92 Å². The fourth-order valence-electron chi connectivity index (χ4n) is 3.49. The monoisotopic (exact) mass is 416 g/mol. The van der Waals surface area contributed by atoms with E-state index >= 15 is 0 Å². The van der Waals surface area contributed by atoms with Crippen LogP contribution in [-0.2, 0) is 14.8 Å². The van der Waals surface area contributed by atoms with Crippen molar-refractivity contribution in [3.8, 4) is 0 Å².